The summed E-state index contributed by atoms with van der Waals surface area (Å²) in [6.07, 6.45) is -1.74. The van der Waals surface area contributed by atoms with Crippen LogP contribution in [-0.2, 0) is 4.79 Å². The van der Waals surface area contributed by atoms with Gasteiger partial charge in [-0.2, -0.15) is 0 Å². The van der Waals surface area contributed by atoms with Crippen molar-refractivity contribution in [3.05, 3.63) is 34.3 Å². The van der Waals surface area contributed by atoms with Crippen LogP contribution in [-0.4, -0.2) is 27.8 Å². The second kappa shape index (κ2) is 6.00. The zero-order valence-corrected chi connectivity index (χ0v) is 10.2. The number of aliphatic carboxylic acids is 1. The van der Waals surface area contributed by atoms with Gasteiger partial charge in [0.05, 0.1) is 5.02 Å². The Bertz CT molecular complexity index is 445. The fourth-order valence-corrected chi connectivity index (χ4v) is 1.87. The topological polar surface area (TPSA) is 74.6 Å². The number of ketones is 1. The van der Waals surface area contributed by atoms with Gasteiger partial charge in [-0.15, -0.1) is 11.6 Å². The van der Waals surface area contributed by atoms with E-state index >= 15 is 0 Å². The number of carbonyl (C=O) groups is 2. The Morgan fingerprint density at radius 1 is 1.35 bits per heavy atom. The lowest BCUT2D eigenvalue weighted by molar-refractivity contribution is -0.146. The van der Waals surface area contributed by atoms with Gasteiger partial charge < -0.3 is 10.2 Å². The molecule has 0 radical (unpaired) electrons. The fourth-order valence-electron chi connectivity index (χ4n) is 1.41. The van der Waals surface area contributed by atoms with Gasteiger partial charge in [0, 0.05) is 23.4 Å². The maximum atomic E-state index is 11.7. The van der Waals surface area contributed by atoms with Crippen molar-refractivity contribution in [3.8, 4) is 0 Å². The van der Waals surface area contributed by atoms with Gasteiger partial charge in [0.2, 0.25) is 0 Å². The number of carbonyl (C=O) groups excluding carboxylic acids is 1. The molecule has 1 atom stereocenters. The predicted molar refractivity (Wildman–Crippen MR) is 63.7 cm³/mol. The maximum Gasteiger partial charge on any atom is 0.337 e. The molecule has 2 N–H and O–H groups in total. The number of hydrogen-bond donors (Lipinski definition) is 2. The summed E-state index contributed by atoms with van der Waals surface area (Å²) in [7, 11) is 0. The molecule has 0 fully saturated rings. The zero-order chi connectivity index (χ0) is 13.0. The van der Waals surface area contributed by atoms with Crippen molar-refractivity contribution in [2.75, 3.05) is 5.88 Å². The van der Waals surface area contributed by atoms with Crippen molar-refractivity contribution in [2.24, 2.45) is 0 Å². The summed E-state index contributed by atoms with van der Waals surface area (Å²) >= 11 is 11.3. The lowest BCUT2D eigenvalue weighted by atomic mass is 9.98. The molecule has 0 spiro atoms. The van der Waals surface area contributed by atoms with E-state index in [4.69, 9.17) is 28.3 Å². The van der Waals surface area contributed by atoms with Gasteiger partial charge in [0.1, 0.15) is 0 Å². The first-order valence-corrected chi connectivity index (χ1v) is 5.68. The summed E-state index contributed by atoms with van der Waals surface area (Å²) in [4.78, 5) is 22.5. The third-order valence-corrected chi connectivity index (χ3v) is 2.68. The fraction of sp³-hybridized carbons (Fsp3) is 0.273. The van der Waals surface area contributed by atoms with Gasteiger partial charge in [0.25, 0.3) is 0 Å². The summed E-state index contributed by atoms with van der Waals surface area (Å²) in [5.74, 6) is -1.72. The Balaban J connectivity index is 3.26. The molecule has 1 unspecified atom stereocenters. The summed E-state index contributed by atoms with van der Waals surface area (Å²) in [5.41, 5.74) is 0.00448. The van der Waals surface area contributed by atoms with Crippen LogP contribution >= 0.6 is 23.2 Å². The largest absolute Gasteiger partial charge is 0.479 e. The Kier molecular flexibility index (Phi) is 4.93. The minimum absolute atomic E-state index is 0.0138. The van der Waals surface area contributed by atoms with E-state index in [1.54, 1.807) is 0 Å². The van der Waals surface area contributed by atoms with Crippen molar-refractivity contribution in [1.29, 1.82) is 0 Å². The molecule has 6 heteroatoms. The lowest BCUT2D eigenvalue weighted by Gasteiger charge is -2.12. The molecule has 0 heterocycles. The number of aliphatic hydroxyl groups is 1. The molecule has 0 aromatic heterocycles. The van der Waals surface area contributed by atoms with Crippen LogP contribution in [0.4, 0.5) is 0 Å². The highest BCUT2D eigenvalue weighted by atomic mass is 35.5. The van der Waals surface area contributed by atoms with Crippen LogP contribution in [0.5, 0.6) is 0 Å². The molecule has 0 bridgehead atoms. The van der Waals surface area contributed by atoms with Crippen molar-refractivity contribution in [3.63, 3.8) is 0 Å². The molecule has 4 nitrogen and oxygen atoms in total. The molecule has 1 aromatic rings. The van der Waals surface area contributed by atoms with Crippen LogP contribution in [0, 0.1) is 0 Å². The van der Waals surface area contributed by atoms with Gasteiger partial charge in [-0.3, -0.25) is 4.79 Å². The standard InChI is InChI=1S/C11H10Cl2O4/c12-5-4-8(14)9-6(10(15)11(16)17)2-1-3-7(9)13/h1-3,10,15H,4-5H2,(H,16,17). The first-order valence-electron chi connectivity index (χ1n) is 4.77. The molecule has 0 amide bonds. The van der Waals surface area contributed by atoms with E-state index in [2.05, 4.69) is 0 Å². The van der Waals surface area contributed by atoms with Crippen molar-refractivity contribution in [1.82, 2.24) is 0 Å². The SMILES string of the molecule is O=C(CCCl)c1c(Cl)cccc1C(O)C(=O)O. The molecule has 92 valence electrons. The van der Waals surface area contributed by atoms with Crippen molar-refractivity contribution in [2.45, 2.75) is 12.5 Å². The molecular formula is C11H10Cl2O4. The third-order valence-electron chi connectivity index (χ3n) is 2.17. The van der Waals surface area contributed by atoms with E-state index in [1.807, 2.05) is 0 Å². The molecule has 0 aliphatic rings. The minimum atomic E-state index is -1.78. The Hall–Kier alpha value is -1.10. The monoisotopic (exact) mass is 276 g/mol. The number of Topliss-reactive ketones (excluding diaryl/α,β-unsaturated/α-hetero) is 1. The number of alkyl halides is 1. The summed E-state index contributed by atoms with van der Waals surface area (Å²) in [6, 6.07) is 4.29. The van der Waals surface area contributed by atoms with Gasteiger partial charge in [-0.05, 0) is 6.07 Å². The molecule has 0 aliphatic carbocycles. The van der Waals surface area contributed by atoms with E-state index in [-0.39, 0.29) is 34.2 Å². The van der Waals surface area contributed by atoms with Gasteiger partial charge in [-0.25, -0.2) is 4.79 Å². The van der Waals surface area contributed by atoms with Crippen LogP contribution in [0.15, 0.2) is 18.2 Å². The normalized spacial score (nSPS) is 12.2. The molecule has 17 heavy (non-hydrogen) atoms. The second-order valence-corrected chi connectivity index (χ2v) is 4.09. The van der Waals surface area contributed by atoms with Crippen molar-refractivity contribution >= 4 is 35.0 Å². The van der Waals surface area contributed by atoms with Gasteiger partial charge in [-0.1, -0.05) is 23.7 Å². The first-order chi connectivity index (χ1) is 7.99. The van der Waals surface area contributed by atoms with Crippen LogP contribution in [0.25, 0.3) is 0 Å². The molecule has 0 saturated carbocycles. The number of hydrogen-bond acceptors (Lipinski definition) is 3. The zero-order valence-electron chi connectivity index (χ0n) is 8.69. The molecule has 1 rings (SSSR count). The van der Waals surface area contributed by atoms with E-state index < -0.39 is 12.1 Å². The van der Waals surface area contributed by atoms with E-state index in [0.29, 0.717) is 0 Å². The highest BCUT2D eigenvalue weighted by Crippen LogP contribution is 2.26. The Morgan fingerprint density at radius 2 is 2.00 bits per heavy atom. The summed E-state index contributed by atoms with van der Waals surface area (Å²) < 4.78 is 0. The smallest absolute Gasteiger partial charge is 0.337 e. The number of carboxylic acid groups (broad SMARTS) is 1. The molecule has 0 aliphatic heterocycles. The average Bonchev–Trinajstić information content (AvgIpc) is 2.27. The molecule has 0 saturated heterocycles. The number of carboxylic acids is 1. The number of benzene rings is 1. The minimum Gasteiger partial charge on any atom is -0.479 e. The second-order valence-electron chi connectivity index (χ2n) is 3.31. The molecule has 1 aromatic carbocycles. The Labute approximate surface area is 108 Å². The van der Waals surface area contributed by atoms with E-state index in [9.17, 15) is 14.7 Å². The first kappa shape index (κ1) is 14.0. The van der Waals surface area contributed by atoms with Crippen molar-refractivity contribution < 1.29 is 19.8 Å². The van der Waals surface area contributed by atoms with E-state index in [0.717, 1.165) is 0 Å². The highest BCUT2D eigenvalue weighted by Gasteiger charge is 2.24. The van der Waals surface area contributed by atoms with Crippen LogP contribution in [0.1, 0.15) is 28.4 Å². The lowest BCUT2D eigenvalue weighted by Crippen LogP contribution is -2.15. The number of halogens is 2. The van der Waals surface area contributed by atoms with Gasteiger partial charge >= 0.3 is 5.97 Å². The number of rotatable bonds is 5. The van der Waals surface area contributed by atoms with Gasteiger partial charge in [0.15, 0.2) is 11.9 Å². The molecular weight excluding hydrogens is 267 g/mol. The average molecular weight is 277 g/mol. The number of aliphatic hydroxyl groups excluding tert-OH is 1. The third kappa shape index (κ3) is 3.19. The highest BCUT2D eigenvalue weighted by molar-refractivity contribution is 6.34. The van der Waals surface area contributed by atoms with E-state index in [1.165, 1.54) is 18.2 Å². The maximum absolute atomic E-state index is 11.7. The van der Waals surface area contributed by atoms with Crippen LogP contribution in [0.2, 0.25) is 5.02 Å². The summed E-state index contributed by atoms with van der Waals surface area (Å²) in [5, 5.41) is 18.3. The van der Waals surface area contributed by atoms with Crippen LogP contribution in [0.3, 0.4) is 0 Å². The quantitative estimate of drug-likeness (QED) is 0.639. The summed E-state index contributed by atoms with van der Waals surface area (Å²) in [6.45, 7) is 0. The predicted octanol–water partition coefficient (Wildman–Crippen LogP) is 2.27. The van der Waals surface area contributed by atoms with Crippen LogP contribution < -0.4 is 0 Å². The Morgan fingerprint density at radius 3 is 2.53 bits per heavy atom.